The van der Waals surface area contributed by atoms with E-state index in [0.29, 0.717) is 28.7 Å². The molecule has 0 amide bonds. The molecule has 0 spiro atoms. The molecule has 1 aromatic heterocycles. The van der Waals surface area contributed by atoms with Gasteiger partial charge in [-0.15, -0.1) is 0 Å². The van der Waals surface area contributed by atoms with E-state index in [9.17, 15) is 18.0 Å². The molecule has 3 aromatic carbocycles. The highest BCUT2D eigenvalue weighted by Crippen LogP contribution is 2.32. The highest BCUT2D eigenvalue weighted by Gasteiger charge is 2.30. The lowest BCUT2D eigenvalue weighted by Gasteiger charge is -2.09. The fraction of sp³-hybridized carbons (Fsp3) is 0.0952. The van der Waals surface area contributed by atoms with Gasteiger partial charge in [0.05, 0.1) is 23.1 Å². The van der Waals surface area contributed by atoms with Gasteiger partial charge in [-0.2, -0.15) is 13.2 Å². The number of halogens is 3. The molecule has 0 aliphatic heterocycles. The summed E-state index contributed by atoms with van der Waals surface area (Å²) in [4.78, 5) is 15.1. The lowest BCUT2D eigenvalue weighted by atomic mass is 10.0. The van der Waals surface area contributed by atoms with Crippen molar-refractivity contribution in [1.82, 2.24) is 9.55 Å². The number of hydrogen-bond acceptors (Lipinski definition) is 1. The van der Waals surface area contributed by atoms with E-state index >= 15 is 0 Å². The maximum absolute atomic E-state index is 12.9. The van der Waals surface area contributed by atoms with E-state index in [-0.39, 0.29) is 5.69 Å². The Balaban J connectivity index is 1.75. The Bertz CT molecular complexity index is 1160. The van der Waals surface area contributed by atoms with Crippen molar-refractivity contribution in [1.29, 1.82) is 0 Å². The average Bonchev–Trinajstić information content (AvgIpc) is 2.97. The van der Waals surface area contributed by atoms with E-state index in [1.165, 1.54) is 6.07 Å². The molecule has 0 saturated carbocycles. The summed E-state index contributed by atoms with van der Waals surface area (Å²) in [5.74, 6) is 0. The first-order chi connectivity index (χ1) is 12.9. The highest BCUT2D eigenvalue weighted by molar-refractivity contribution is 5.82. The number of aromatic amines is 1. The Morgan fingerprint density at radius 2 is 1.59 bits per heavy atom. The van der Waals surface area contributed by atoms with Gasteiger partial charge in [-0.1, -0.05) is 48.5 Å². The number of benzene rings is 3. The molecule has 0 bridgehead atoms. The number of imidazole rings is 1. The van der Waals surface area contributed by atoms with Crippen molar-refractivity contribution >= 4 is 11.0 Å². The molecule has 3 nitrogen and oxygen atoms in total. The van der Waals surface area contributed by atoms with E-state index in [2.05, 4.69) is 4.98 Å². The Kier molecular flexibility index (Phi) is 4.11. The van der Waals surface area contributed by atoms with Crippen LogP contribution in [0.2, 0.25) is 0 Å². The second-order valence-corrected chi connectivity index (χ2v) is 6.31. The molecule has 4 rings (SSSR count). The zero-order valence-electron chi connectivity index (χ0n) is 14.1. The Labute approximate surface area is 152 Å². The van der Waals surface area contributed by atoms with Crippen molar-refractivity contribution in [2.75, 3.05) is 0 Å². The minimum absolute atomic E-state index is 0.255. The highest BCUT2D eigenvalue weighted by atomic mass is 19.4. The van der Waals surface area contributed by atoms with Crippen LogP contribution in [0.25, 0.3) is 22.2 Å². The molecule has 1 heterocycles. The summed E-state index contributed by atoms with van der Waals surface area (Å²) in [6, 6.07) is 19.9. The summed E-state index contributed by atoms with van der Waals surface area (Å²) < 4.78 is 40.5. The number of H-pyrrole nitrogens is 1. The second kappa shape index (κ2) is 6.46. The van der Waals surface area contributed by atoms with Crippen LogP contribution in [-0.2, 0) is 12.7 Å². The van der Waals surface area contributed by atoms with Crippen molar-refractivity contribution in [2.45, 2.75) is 12.7 Å². The monoisotopic (exact) mass is 368 g/mol. The molecule has 0 aliphatic rings. The first kappa shape index (κ1) is 17.1. The molecule has 1 N–H and O–H groups in total. The van der Waals surface area contributed by atoms with Gasteiger partial charge in [-0.25, -0.2) is 4.79 Å². The second-order valence-electron chi connectivity index (χ2n) is 6.31. The third kappa shape index (κ3) is 3.38. The number of aromatic nitrogens is 2. The van der Waals surface area contributed by atoms with Gasteiger partial charge >= 0.3 is 11.9 Å². The third-order valence-electron chi connectivity index (χ3n) is 4.48. The molecule has 6 heteroatoms. The molecular weight excluding hydrogens is 353 g/mol. The van der Waals surface area contributed by atoms with Gasteiger partial charge in [-0.3, -0.25) is 4.57 Å². The van der Waals surface area contributed by atoms with Gasteiger partial charge in [-0.05, 0) is 41.0 Å². The number of nitrogens with zero attached hydrogens (tertiary/aromatic N) is 1. The van der Waals surface area contributed by atoms with Crippen LogP contribution in [0, 0.1) is 0 Å². The van der Waals surface area contributed by atoms with Crippen LogP contribution in [0.4, 0.5) is 13.2 Å². The van der Waals surface area contributed by atoms with Crippen LogP contribution in [0.15, 0.2) is 77.6 Å². The summed E-state index contributed by atoms with van der Waals surface area (Å²) in [7, 11) is 0. The fourth-order valence-corrected chi connectivity index (χ4v) is 3.14. The largest absolute Gasteiger partial charge is 0.416 e. The Hall–Kier alpha value is -3.28. The van der Waals surface area contributed by atoms with E-state index in [4.69, 9.17) is 0 Å². The smallest absolute Gasteiger partial charge is 0.306 e. The normalized spacial score (nSPS) is 11.8. The standard InChI is InChI=1S/C21H15F3N2O/c22-21(23,24)17-8-4-7-15(11-17)16-9-10-19-18(12-16)25-20(27)26(19)13-14-5-2-1-3-6-14/h1-12H,13H2,(H,25,27). The summed E-state index contributed by atoms with van der Waals surface area (Å²) in [5, 5.41) is 0. The van der Waals surface area contributed by atoms with Gasteiger partial charge in [0, 0.05) is 0 Å². The van der Waals surface area contributed by atoms with Crippen LogP contribution in [0.3, 0.4) is 0 Å². The number of alkyl halides is 3. The van der Waals surface area contributed by atoms with E-state index in [0.717, 1.165) is 17.7 Å². The lowest BCUT2D eigenvalue weighted by Crippen LogP contribution is -2.17. The molecule has 0 atom stereocenters. The Morgan fingerprint density at radius 3 is 2.33 bits per heavy atom. The third-order valence-corrected chi connectivity index (χ3v) is 4.48. The molecule has 0 saturated heterocycles. The van der Waals surface area contributed by atoms with Crippen LogP contribution >= 0.6 is 0 Å². The molecule has 27 heavy (non-hydrogen) atoms. The zero-order valence-corrected chi connectivity index (χ0v) is 14.1. The van der Waals surface area contributed by atoms with Crippen molar-refractivity contribution in [2.24, 2.45) is 0 Å². The maximum Gasteiger partial charge on any atom is 0.416 e. The van der Waals surface area contributed by atoms with Crippen molar-refractivity contribution in [3.63, 3.8) is 0 Å². The number of fused-ring (bicyclic) bond motifs is 1. The van der Waals surface area contributed by atoms with E-state index in [1.807, 2.05) is 30.3 Å². The molecule has 4 aromatic rings. The lowest BCUT2D eigenvalue weighted by molar-refractivity contribution is -0.137. The van der Waals surface area contributed by atoms with Crippen LogP contribution in [-0.4, -0.2) is 9.55 Å². The first-order valence-corrected chi connectivity index (χ1v) is 8.36. The molecule has 136 valence electrons. The number of nitrogens with one attached hydrogen (secondary N) is 1. The summed E-state index contributed by atoms with van der Waals surface area (Å²) >= 11 is 0. The van der Waals surface area contributed by atoms with Gasteiger partial charge < -0.3 is 4.98 Å². The van der Waals surface area contributed by atoms with Gasteiger partial charge in [0.15, 0.2) is 0 Å². The molecule has 0 unspecified atom stereocenters. The predicted molar refractivity (Wildman–Crippen MR) is 98.5 cm³/mol. The molecule has 0 aliphatic carbocycles. The van der Waals surface area contributed by atoms with Crippen molar-refractivity contribution < 1.29 is 13.2 Å². The van der Waals surface area contributed by atoms with Crippen molar-refractivity contribution in [3.8, 4) is 11.1 Å². The van der Waals surface area contributed by atoms with Gasteiger partial charge in [0.25, 0.3) is 0 Å². The predicted octanol–water partition coefficient (Wildman–Crippen LogP) is 5.06. The van der Waals surface area contributed by atoms with Crippen LogP contribution < -0.4 is 5.69 Å². The van der Waals surface area contributed by atoms with E-state index in [1.54, 1.807) is 28.8 Å². The summed E-state index contributed by atoms with van der Waals surface area (Å²) in [6.45, 7) is 0.419. The number of rotatable bonds is 3. The SMILES string of the molecule is O=c1[nH]c2cc(-c3cccc(C(F)(F)F)c3)ccc2n1Cc1ccccc1. The van der Waals surface area contributed by atoms with Gasteiger partial charge in [0.1, 0.15) is 0 Å². The fourth-order valence-electron chi connectivity index (χ4n) is 3.14. The Morgan fingerprint density at radius 1 is 0.852 bits per heavy atom. The molecule has 0 fully saturated rings. The zero-order chi connectivity index (χ0) is 19.0. The minimum atomic E-state index is -4.40. The topological polar surface area (TPSA) is 37.8 Å². The maximum atomic E-state index is 12.9. The van der Waals surface area contributed by atoms with E-state index < -0.39 is 11.7 Å². The quantitative estimate of drug-likeness (QED) is 0.539. The summed E-state index contributed by atoms with van der Waals surface area (Å²) in [5.41, 5.74) is 2.39. The number of hydrogen-bond donors (Lipinski definition) is 1. The first-order valence-electron chi connectivity index (χ1n) is 8.36. The van der Waals surface area contributed by atoms with Crippen molar-refractivity contribution in [3.05, 3.63) is 94.4 Å². The molecular formula is C21H15F3N2O. The van der Waals surface area contributed by atoms with Gasteiger partial charge in [0.2, 0.25) is 0 Å². The van der Waals surface area contributed by atoms with Crippen LogP contribution in [0.5, 0.6) is 0 Å². The average molecular weight is 368 g/mol. The van der Waals surface area contributed by atoms with Crippen LogP contribution in [0.1, 0.15) is 11.1 Å². The summed E-state index contributed by atoms with van der Waals surface area (Å²) in [6.07, 6.45) is -4.40. The minimum Gasteiger partial charge on any atom is -0.306 e. The molecule has 0 radical (unpaired) electrons.